The quantitative estimate of drug-likeness (QED) is 0.914. The highest BCUT2D eigenvalue weighted by atomic mass is 19.1. The molecule has 5 heteroatoms. The number of hydrogen-bond acceptors (Lipinski definition) is 2. The number of halogens is 1. The number of nitrogens with one attached hydrogen (secondary N) is 1. The van der Waals surface area contributed by atoms with E-state index in [0.29, 0.717) is 17.7 Å². The van der Waals surface area contributed by atoms with Gasteiger partial charge in [0.2, 0.25) is 5.56 Å². The van der Waals surface area contributed by atoms with E-state index in [1.54, 1.807) is 19.2 Å². The first kappa shape index (κ1) is 13.0. The zero-order chi connectivity index (χ0) is 13.8. The van der Waals surface area contributed by atoms with Gasteiger partial charge in [0, 0.05) is 25.9 Å². The van der Waals surface area contributed by atoms with Gasteiger partial charge in [-0.3, -0.25) is 9.59 Å². The number of H-pyrrole nitrogens is 1. The molecule has 0 saturated heterocycles. The lowest BCUT2D eigenvalue weighted by Gasteiger charge is -2.17. The summed E-state index contributed by atoms with van der Waals surface area (Å²) in [7, 11) is 1.62. The highest BCUT2D eigenvalue weighted by Crippen LogP contribution is 2.08. The number of nitrogens with zero attached hydrogens (tertiary/aromatic N) is 1. The van der Waals surface area contributed by atoms with Crippen LogP contribution in [0.15, 0.2) is 47.4 Å². The molecule has 4 nitrogen and oxygen atoms in total. The molecule has 0 saturated carbocycles. The van der Waals surface area contributed by atoms with Crippen LogP contribution in [0.4, 0.5) is 4.39 Å². The molecule has 0 radical (unpaired) electrons. The molecule has 1 N–H and O–H groups in total. The van der Waals surface area contributed by atoms with Gasteiger partial charge in [-0.1, -0.05) is 12.1 Å². The van der Waals surface area contributed by atoms with Crippen LogP contribution in [0.25, 0.3) is 0 Å². The number of rotatable bonds is 3. The SMILES string of the molecule is CN(Cc1cccc(F)c1)C(=O)c1ccc(=O)[nH]c1. The van der Waals surface area contributed by atoms with Gasteiger partial charge in [-0.25, -0.2) is 4.39 Å². The van der Waals surface area contributed by atoms with Gasteiger partial charge in [-0.2, -0.15) is 0 Å². The fraction of sp³-hybridized carbons (Fsp3) is 0.143. The second-order valence-electron chi connectivity index (χ2n) is 4.23. The van der Waals surface area contributed by atoms with E-state index in [0.717, 1.165) is 0 Å². The number of hydrogen-bond donors (Lipinski definition) is 1. The molecule has 1 amide bonds. The van der Waals surface area contributed by atoms with Gasteiger partial charge in [-0.15, -0.1) is 0 Å². The van der Waals surface area contributed by atoms with Crippen molar-refractivity contribution in [2.45, 2.75) is 6.54 Å². The first-order chi connectivity index (χ1) is 9.06. The molecule has 0 atom stereocenters. The number of aromatic nitrogens is 1. The van der Waals surface area contributed by atoms with Crippen LogP contribution in [0.5, 0.6) is 0 Å². The minimum absolute atomic E-state index is 0.236. The normalized spacial score (nSPS) is 10.2. The molecule has 0 aliphatic heterocycles. The van der Waals surface area contributed by atoms with Gasteiger partial charge in [-0.05, 0) is 23.8 Å². The van der Waals surface area contributed by atoms with E-state index in [1.165, 1.54) is 35.4 Å². The molecule has 0 aliphatic carbocycles. The summed E-state index contributed by atoms with van der Waals surface area (Å²) >= 11 is 0. The summed E-state index contributed by atoms with van der Waals surface area (Å²) in [5.41, 5.74) is 0.836. The first-order valence-electron chi connectivity index (χ1n) is 5.75. The highest BCUT2D eigenvalue weighted by molar-refractivity contribution is 5.93. The molecule has 2 aromatic rings. The number of pyridine rings is 1. The van der Waals surface area contributed by atoms with Crippen molar-refractivity contribution < 1.29 is 9.18 Å². The summed E-state index contributed by atoms with van der Waals surface area (Å²) in [5.74, 6) is -0.567. The van der Waals surface area contributed by atoms with E-state index < -0.39 is 0 Å². The minimum Gasteiger partial charge on any atom is -0.337 e. The highest BCUT2D eigenvalue weighted by Gasteiger charge is 2.12. The van der Waals surface area contributed by atoms with Crippen molar-refractivity contribution in [2.24, 2.45) is 0 Å². The average Bonchev–Trinajstić information content (AvgIpc) is 2.39. The van der Waals surface area contributed by atoms with Crippen LogP contribution >= 0.6 is 0 Å². The van der Waals surface area contributed by atoms with E-state index in [1.807, 2.05) is 0 Å². The summed E-state index contributed by atoms with van der Waals surface area (Å²) < 4.78 is 13.0. The molecule has 1 heterocycles. The lowest BCUT2D eigenvalue weighted by Crippen LogP contribution is -2.26. The van der Waals surface area contributed by atoms with Gasteiger partial charge in [0.15, 0.2) is 0 Å². The summed E-state index contributed by atoms with van der Waals surface area (Å²) in [4.78, 5) is 26.9. The van der Waals surface area contributed by atoms with Crippen LogP contribution in [0.1, 0.15) is 15.9 Å². The zero-order valence-electron chi connectivity index (χ0n) is 10.4. The van der Waals surface area contributed by atoms with Crippen molar-refractivity contribution in [3.8, 4) is 0 Å². The largest absolute Gasteiger partial charge is 0.337 e. The molecule has 19 heavy (non-hydrogen) atoms. The van der Waals surface area contributed by atoms with Crippen molar-refractivity contribution in [2.75, 3.05) is 7.05 Å². The maximum atomic E-state index is 13.0. The minimum atomic E-state index is -0.331. The van der Waals surface area contributed by atoms with Crippen molar-refractivity contribution in [3.63, 3.8) is 0 Å². The average molecular weight is 260 g/mol. The van der Waals surface area contributed by atoms with E-state index in [9.17, 15) is 14.0 Å². The lowest BCUT2D eigenvalue weighted by molar-refractivity contribution is 0.0784. The van der Waals surface area contributed by atoms with E-state index in [2.05, 4.69) is 4.98 Å². The van der Waals surface area contributed by atoms with Gasteiger partial charge in [0.05, 0.1) is 5.56 Å². The number of carbonyl (C=O) groups excluding carboxylic acids is 1. The standard InChI is InChI=1S/C14H13FN2O2/c1-17(9-10-3-2-4-12(15)7-10)14(19)11-5-6-13(18)16-8-11/h2-8H,9H2,1H3,(H,16,18). The topological polar surface area (TPSA) is 53.2 Å². The lowest BCUT2D eigenvalue weighted by atomic mass is 10.2. The molecular formula is C14H13FN2O2. The Morgan fingerprint density at radius 3 is 2.74 bits per heavy atom. The Hall–Kier alpha value is -2.43. The number of carbonyl (C=O) groups is 1. The molecule has 1 aromatic heterocycles. The van der Waals surface area contributed by atoms with Crippen molar-refractivity contribution in [1.82, 2.24) is 9.88 Å². The van der Waals surface area contributed by atoms with Crippen LogP contribution in [0.3, 0.4) is 0 Å². The molecule has 1 aromatic carbocycles. The van der Waals surface area contributed by atoms with Crippen LogP contribution in [0, 0.1) is 5.82 Å². The van der Waals surface area contributed by atoms with Gasteiger partial charge in [0.1, 0.15) is 5.82 Å². The fourth-order valence-corrected chi connectivity index (χ4v) is 1.74. The van der Waals surface area contributed by atoms with E-state index in [-0.39, 0.29) is 17.3 Å². The van der Waals surface area contributed by atoms with Crippen molar-refractivity contribution >= 4 is 5.91 Å². The Balaban J connectivity index is 2.11. The van der Waals surface area contributed by atoms with Crippen LogP contribution < -0.4 is 5.56 Å². The smallest absolute Gasteiger partial charge is 0.255 e. The van der Waals surface area contributed by atoms with Crippen molar-refractivity contribution in [3.05, 3.63) is 69.9 Å². The first-order valence-corrected chi connectivity index (χ1v) is 5.75. The Labute approximate surface area is 109 Å². The molecule has 98 valence electrons. The molecule has 0 spiro atoms. The Morgan fingerprint density at radius 2 is 2.11 bits per heavy atom. The van der Waals surface area contributed by atoms with Crippen LogP contribution in [0.2, 0.25) is 0 Å². The zero-order valence-corrected chi connectivity index (χ0v) is 10.4. The van der Waals surface area contributed by atoms with Gasteiger partial charge >= 0.3 is 0 Å². The fourth-order valence-electron chi connectivity index (χ4n) is 1.74. The molecule has 0 aliphatic rings. The molecule has 0 bridgehead atoms. The number of amides is 1. The Morgan fingerprint density at radius 1 is 1.32 bits per heavy atom. The Kier molecular flexibility index (Phi) is 3.75. The predicted octanol–water partition coefficient (Wildman–Crippen LogP) is 1.79. The van der Waals surface area contributed by atoms with Gasteiger partial charge < -0.3 is 9.88 Å². The number of aromatic amines is 1. The number of benzene rings is 1. The Bertz CT molecular complexity index is 631. The summed E-state index contributed by atoms with van der Waals surface area (Å²) in [6, 6.07) is 8.85. The summed E-state index contributed by atoms with van der Waals surface area (Å²) in [5, 5.41) is 0. The van der Waals surface area contributed by atoms with E-state index in [4.69, 9.17) is 0 Å². The third kappa shape index (κ3) is 3.28. The maximum Gasteiger partial charge on any atom is 0.255 e. The molecule has 0 unspecified atom stereocenters. The second-order valence-corrected chi connectivity index (χ2v) is 4.23. The summed E-state index contributed by atoms with van der Waals surface area (Å²) in [6.07, 6.45) is 1.37. The summed E-state index contributed by atoms with van der Waals surface area (Å²) in [6.45, 7) is 0.301. The maximum absolute atomic E-state index is 13.0. The third-order valence-corrected chi connectivity index (χ3v) is 2.69. The van der Waals surface area contributed by atoms with Crippen LogP contribution in [-0.4, -0.2) is 22.8 Å². The molecule has 0 fully saturated rings. The molecular weight excluding hydrogens is 247 g/mol. The third-order valence-electron chi connectivity index (χ3n) is 2.69. The van der Waals surface area contributed by atoms with Gasteiger partial charge in [0.25, 0.3) is 5.91 Å². The van der Waals surface area contributed by atoms with Crippen molar-refractivity contribution in [1.29, 1.82) is 0 Å². The monoisotopic (exact) mass is 260 g/mol. The molecule has 2 rings (SSSR count). The van der Waals surface area contributed by atoms with Crippen LogP contribution in [-0.2, 0) is 6.54 Å². The predicted molar refractivity (Wildman–Crippen MR) is 69.3 cm³/mol. The van der Waals surface area contributed by atoms with E-state index >= 15 is 0 Å². The second kappa shape index (κ2) is 5.48.